The molecule has 94 valence electrons. The minimum Gasteiger partial charge on any atom is -0.336 e. The van der Waals surface area contributed by atoms with Gasteiger partial charge in [-0.25, -0.2) is 0 Å². The van der Waals surface area contributed by atoms with Crippen LogP contribution in [0.15, 0.2) is 18.2 Å². The molecule has 0 atom stereocenters. The van der Waals surface area contributed by atoms with Crippen LogP contribution < -0.4 is 0 Å². The zero-order valence-electron chi connectivity index (χ0n) is 10.6. The first-order valence-electron chi connectivity index (χ1n) is 5.40. The van der Waals surface area contributed by atoms with Gasteiger partial charge in [0.15, 0.2) is 0 Å². The van der Waals surface area contributed by atoms with Crippen LogP contribution >= 0.6 is 27.5 Å². The lowest BCUT2D eigenvalue weighted by Gasteiger charge is -2.34. The zero-order valence-corrected chi connectivity index (χ0v) is 12.9. The highest BCUT2D eigenvalue weighted by atomic mass is 79.9. The van der Waals surface area contributed by atoms with Crippen molar-refractivity contribution >= 4 is 33.4 Å². The third kappa shape index (κ3) is 3.02. The molecule has 2 nitrogen and oxygen atoms in total. The Bertz CT molecular complexity index is 431. The molecule has 1 rings (SSSR count). The minimum atomic E-state index is -0.230. The highest BCUT2D eigenvalue weighted by Gasteiger charge is 2.28. The number of amides is 1. The highest BCUT2D eigenvalue weighted by Crippen LogP contribution is 2.23. The van der Waals surface area contributed by atoms with E-state index in [1.807, 2.05) is 33.9 Å². The fraction of sp³-hybridized carbons (Fsp3) is 0.462. The van der Waals surface area contributed by atoms with Crippen molar-refractivity contribution in [1.82, 2.24) is 4.90 Å². The molecule has 1 aromatic rings. The van der Waals surface area contributed by atoms with Crippen molar-refractivity contribution in [3.8, 4) is 0 Å². The van der Waals surface area contributed by atoms with Gasteiger partial charge in [0.2, 0.25) is 0 Å². The second-order valence-corrected chi connectivity index (χ2v) is 5.69. The molecule has 0 saturated carbocycles. The molecule has 0 aliphatic carbocycles. The molecule has 17 heavy (non-hydrogen) atoms. The molecule has 0 bridgehead atoms. The number of halogens is 2. The molecule has 0 aliphatic rings. The zero-order chi connectivity index (χ0) is 13.2. The number of benzene rings is 1. The van der Waals surface area contributed by atoms with Gasteiger partial charge in [-0.2, -0.15) is 0 Å². The van der Waals surface area contributed by atoms with Crippen LogP contribution in [0.4, 0.5) is 0 Å². The van der Waals surface area contributed by atoms with Crippen molar-refractivity contribution in [3.05, 3.63) is 34.3 Å². The van der Waals surface area contributed by atoms with E-state index < -0.39 is 0 Å². The molecule has 1 amide bonds. The Hall–Kier alpha value is -0.540. The number of alkyl halides is 1. The molecule has 0 unspecified atom stereocenters. The third-order valence-electron chi connectivity index (χ3n) is 3.04. The maximum Gasteiger partial charge on any atom is 0.254 e. The van der Waals surface area contributed by atoms with Gasteiger partial charge in [0.1, 0.15) is 0 Å². The summed E-state index contributed by atoms with van der Waals surface area (Å²) in [6.07, 6.45) is 0. The normalized spacial score (nSPS) is 11.4. The van der Waals surface area contributed by atoms with E-state index in [1.165, 1.54) is 0 Å². The third-order valence-corrected chi connectivity index (χ3v) is 4.82. The molecule has 0 aliphatic heterocycles. The molecule has 0 fully saturated rings. The lowest BCUT2D eigenvalue weighted by molar-refractivity contribution is 0.0663. The van der Waals surface area contributed by atoms with E-state index in [9.17, 15) is 4.79 Å². The second-order valence-electron chi connectivity index (χ2n) is 4.72. The maximum atomic E-state index is 12.4. The molecule has 4 heteroatoms. The summed E-state index contributed by atoms with van der Waals surface area (Å²) in [6.45, 7) is 5.89. The maximum absolute atomic E-state index is 12.4. The largest absolute Gasteiger partial charge is 0.336 e. The van der Waals surface area contributed by atoms with Crippen LogP contribution in [0, 0.1) is 6.92 Å². The minimum absolute atomic E-state index is 0.00514. The smallest absolute Gasteiger partial charge is 0.254 e. The summed E-state index contributed by atoms with van der Waals surface area (Å²) >= 11 is 9.46. The molecular weight excluding hydrogens is 302 g/mol. The van der Waals surface area contributed by atoms with E-state index in [1.54, 1.807) is 17.0 Å². The first-order valence-corrected chi connectivity index (χ1v) is 6.90. The summed E-state index contributed by atoms with van der Waals surface area (Å²) in [6, 6.07) is 5.41. The van der Waals surface area contributed by atoms with Gasteiger partial charge in [0.05, 0.1) is 0 Å². The average molecular weight is 319 g/mol. The van der Waals surface area contributed by atoms with E-state index >= 15 is 0 Å². The van der Waals surface area contributed by atoms with Gasteiger partial charge in [0, 0.05) is 28.5 Å². The summed E-state index contributed by atoms with van der Waals surface area (Å²) in [7, 11) is 1.81. The van der Waals surface area contributed by atoms with Gasteiger partial charge in [-0.05, 0) is 38.5 Å². The Morgan fingerprint density at radius 1 is 1.47 bits per heavy atom. The van der Waals surface area contributed by atoms with Gasteiger partial charge in [0.25, 0.3) is 5.91 Å². The number of nitrogens with zero attached hydrogens (tertiary/aromatic N) is 1. The van der Waals surface area contributed by atoms with Crippen LogP contribution in [0.25, 0.3) is 0 Å². The van der Waals surface area contributed by atoms with Crippen LogP contribution in [-0.2, 0) is 0 Å². The van der Waals surface area contributed by atoms with Crippen molar-refractivity contribution in [2.45, 2.75) is 26.3 Å². The van der Waals surface area contributed by atoms with E-state index in [4.69, 9.17) is 11.6 Å². The standard InChI is InChI=1S/C13H17BrClNO/c1-9-10(6-5-7-11(9)15)12(17)16(4)13(2,3)8-14/h5-7H,8H2,1-4H3. The van der Waals surface area contributed by atoms with Crippen LogP contribution in [0.2, 0.25) is 5.02 Å². The Morgan fingerprint density at radius 2 is 2.06 bits per heavy atom. The topological polar surface area (TPSA) is 20.3 Å². The molecule has 0 radical (unpaired) electrons. The van der Waals surface area contributed by atoms with Gasteiger partial charge in [-0.1, -0.05) is 33.6 Å². The molecule has 0 aromatic heterocycles. The summed E-state index contributed by atoms with van der Waals surface area (Å²) in [5.41, 5.74) is 1.26. The first-order chi connectivity index (χ1) is 7.81. The summed E-state index contributed by atoms with van der Waals surface area (Å²) < 4.78 is 0. The molecule has 0 spiro atoms. The van der Waals surface area contributed by atoms with Crippen molar-refractivity contribution in [2.24, 2.45) is 0 Å². The summed E-state index contributed by atoms with van der Waals surface area (Å²) in [5.74, 6) is -0.00514. The van der Waals surface area contributed by atoms with Gasteiger partial charge in [-0.15, -0.1) is 0 Å². The number of carbonyl (C=O) groups excluding carboxylic acids is 1. The Labute approximate surface area is 116 Å². The number of hydrogen-bond donors (Lipinski definition) is 0. The van der Waals surface area contributed by atoms with Gasteiger partial charge < -0.3 is 4.90 Å². The van der Waals surface area contributed by atoms with Crippen LogP contribution in [0.5, 0.6) is 0 Å². The quantitative estimate of drug-likeness (QED) is 0.774. The first kappa shape index (κ1) is 14.5. The van der Waals surface area contributed by atoms with Gasteiger partial charge >= 0.3 is 0 Å². The second kappa shape index (κ2) is 5.40. The van der Waals surface area contributed by atoms with Crippen LogP contribution in [-0.4, -0.2) is 28.7 Å². The van der Waals surface area contributed by atoms with Crippen molar-refractivity contribution in [3.63, 3.8) is 0 Å². The molecular formula is C13H17BrClNO. The van der Waals surface area contributed by atoms with Crippen molar-refractivity contribution in [2.75, 3.05) is 12.4 Å². The summed E-state index contributed by atoms with van der Waals surface area (Å²) in [5, 5.41) is 1.35. The summed E-state index contributed by atoms with van der Waals surface area (Å²) in [4.78, 5) is 14.1. The van der Waals surface area contributed by atoms with Crippen LogP contribution in [0.3, 0.4) is 0 Å². The molecule has 1 aromatic carbocycles. The number of hydrogen-bond acceptors (Lipinski definition) is 1. The predicted molar refractivity (Wildman–Crippen MR) is 76.2 cm³/mol. The monoisotopic (exact) mass is 317 g/mol. The van der Waals surface area contributed by atoms with Crippen LogP contribution in [0.1, 0.15) is 29.8 Å². The van der Waals surface area contributed by atoms with E-state index in [-0.39, 0.29) is 11.4 Å². The van der Waals surface area contributed by atoms with Gasteiger partial charge in [-0.3, -0.25) is 4.79 Å². The number of carbonyl (C=O) groups is 1. The number of rotatable bonds is 3. The fourth-order valence-corrected chi connectivity index (χ4v) is 1.94. The van der Waals surface area contributed by atoms with E-state index in [0.29, 0.717) is 10.6 Å². The molecule has 0 saturated heterocycles. The lowest BCUT2D eigenvalue weighted by Crippen LogP contribution is -2.46. The SMILES string of the molecule is Cc1c(Cl)cccc1C(=O)N(C)C(C)(C)CBr. The van der Waals surface area contributed by atoms with Crippen molar-refractivity contribution < 1.29 is 4.79 Å². The van der Waals surface area contributed by atoms with Crippen molar-refractivity contribution in [1.29, 1.82) is 0 Å². The Kier molecular flexibility index (Phi) is 4.62. The fourth-order valence-electron chi connectivity index (χ4n) is 1.38. The van der Waals surface area contributed by atoms with E-state index in [0.717, 1.165) is 10.9 Å². The molecule has 0 N–H and O–H groups in total. The molecule has 0 heterocycles. The highest BCUT2D eigenvalue weighted by molar-refractivity contribution is 9.09. The lowest BCUT2D eigenvalue weighted by atomic mass is 10.0. The van der Waals surface area contributed by atoms with E-state index in [2.05, 4.69) is 15.9 Å². The average Bonchev–Trinajstić information content (AvgIpc) is 2.30. The Balaban J connectivity index is 3.09. The Morgan fingerprint density at radius 3 is 2.59 bits per heavy atom. The predicted octanol–water partition coefficient (Wildman–Crippen LogP) is 3.89.